The lowest BCUT2D eigenvalue weighted by atomic mass is 9.96. The summed E-state index contributed by atoms with van der Waals surface area (Å²) in [4.78, 5) is 26.8. The topological polar surface area (TPSA) is 56.5 Å². The molecule has 1 aliphatic heterocycles. The predicted octanol–water partition coefficient (Wildman–Crippen LogP) is 4.37. The first-order chi connectivity index (χ1) is 15.9. The average molecular weight is 442 g/mol. The van der Waals surface area contributed by atoms with Gasteiger partial charge < -0.3 is 14.2 Å². The van der Waals surface area contributed by atoms with Gasteiger partial charge in [-0.3, -0.25) is 14.2 Å². The maximum absolute atomic E-state index is 12.9. The Balaban J connectivity index is 1.46. The third kappa shape index (κ3) is 3.82. The first-order valence-corrected chi connectivity index (χ1v) is 11.2. The molecule has 3 heterocycles. The highest BCUT2D eigenvalue weighted by Crippen LogP contribution is 2.36. The fourth-order valence-corrected chi connectivity index (χ4v) is 4.88. The summed E-state index contributed by atoms with van der Waals surface area (Å²) < 4.78 is 9.64. The van der Waals surface area contributed by atoms with E-state index in [4.69, 9.17) is 4.74 Å². The van der Waals surface area contributed by atoms with E-state index in [1.807, 2.05) is 53.4 Å². The Hall–Kier alpha value is -3.80. The summed E-state index contributed by atoms with van der Waals surface area (Å²) in [5.41, 5.74) is 5.23. The molecule has 5 rings (SSSR count). The number of ether oxygens (including phenoxy) is 1. The van der Waals surface area contributed by atoms with Crippen molar-refractivity contribution in [2.75, 3.05) is 6.54 Å². The summed E-state index contributed by atoms with van der Waals surface area (Å²) in [5.74, 6) is 0.901. The highest BCUT2D eigenvalue weighted by atomic mass is 16.5. The fourth-order valence-electron chi connectivity index (χ4n) is 4.88. The molecule has 0 radical (unpaired) electrons. The Morgan fingerprint density at radius 3 is 2.61 bits per heavy atom. The second-order valence-corrected chi connectivity index (χ2v) is 8.77. The number of hydrogen-bond acceptors (Lipinski definition) is 3. The summed E-state index contributed by atoms with van der Waals surface area (Å²) in [5, 5.41) is 1.13. The van der Waals surface area contributed by atoms with E-state index in [0.29, 0.717) is 18.9 Å². The van der Waals surface area contributed by atoms with Gasteiger partial charge in [-0.25, -0.2) is 0 Å². The Morgan fingerprint density at radius 1 is 1.09 bits per heavy atom. The maximum atomic E-state index is 12.9. The molecule has 1 unspecified atom stereocenters. The van der Waals surface area contributed by atoms with Crippen molar-refractivity contribution in [1.82, 2.24) is 14.0 Å². The van der Waals surface area contributed by atoms with E-state index in [1.54, 1.807) is 17.7 Å². The van der Waals surface area contributed by atoms with Crippen LogP contribution < -0.4 is 10.3 Å². The Kier molecular flexibility index (Phi) is 5.29. The van der Waals surface area contributed by atoms with Gasteiger partial charge in [-0.1, -0.05) is 43.3 Å². The number of carbonyl (C=O) groups excluding carboxylic acids is 1. The quantitative estimate of drug-likeness (QED) is 0.472. The summed E-state index contributed by atoms with van der Waals surface area (Å²) >= 11 is 0. The van der Waals surface area contributed by atoms with E-state index >= 15 is 0 Å². The predicted molar refractivity (Wildman–Crippen MR) is 129 cm³/mol. The van der Waals surface area contributed by atoms with E-state index < -0.39 is 0 Å². The molecule has 2 aromatic carbocycles. The standard InChI is InChI=1S/C27H27N3O3/c1-18-15-29(19(2)31)16-24-23-10-9-21(13-25(23)28(3)27(18)24)30-12-11-22(14-26(30)32)33-17-20-7-5-4-6-8-20/h4-14,18H,15-17H2,1-3H3. The Bertz CT molecular complexity index is 1400. The van der Waals surface area contributed by atoms with Crippen LogP contribution in [0, 0.1) is 0 Å². The van der Waals surface area contributed by atoms with Crippen molar-refractivity contribution in [3.05, 3.63) is 94.0 Å². The maximum Gasteiger partial charge on any atom is 0.258 e. The van der Waals surface area contributed by atoms with E-state index in [0.717, 1.165) is 28.7 Å². The minimum atomic E-state index is -0.144. The molecule has 33 heavy (non-hydrogen) atoms. The van der Waals surface area contributed by atoms with Gasteiger partial charge in [-0.15, -0.1) is 0 Å². The van der Waals surface area contributed by atoms with Gasteiger partial charge >= 0.3 is 0 Å². The number of amides is 1. The largest absolute Gasteiger partial charge is 0.489 e. The lowest BCUT2D eigenvalue weighted by Gasteiger charge is -2.31. The van der Waals surface area contributed by atoms with Crippen LogP contribution in [0.3, 0.4) is 0 Å². The second kappa shape index (κ2) is 8.28. The molecule has 4 aromatic rings. The van der Waals surface area contributed by atoms with Gasteiger partial charge in [0.15, 0.2) is 0 Å². The lowest BCUT2D eigenvalue weighted by Crippen LogP contribution is -2.36. The van der Waals surface area contributed by atoms with Crippen LogP contribution in [0.4, 0.5) is 0 Å². The van der Waals surface area contributed by atoms with Gasteiger partial charge in [-0.05, 0) is 23.8 Å². The number of pyridine rings is 1. The molecule has 6 nitrogen and oxygen atoms in total. The molecule has 0 fully saturated rings. The van der Waals surface area contributed by atoms with Crippen LogP contribution in [0.2, 0.25) is 0 Å². The summed E-state index contributed by atoms with van der Waals surface area (Å²) in [6, 6.07) is 19.3. The monoisotopic (exact) mass is 441 g/mol. The molecule has 0 aliphatic carbocycles. The lowest BCUT2D eigenvalue weighted by molar-refractivity contribution is -0.130. The van der Waals surface area contributed by atoms with Crippen molar-refractivity contribution in [2.45, 2.75) is 32.9 Å². The van der Waals surface area contributed by atoms with E-state index in [1.165, 1.54) is 17.3 Å². The van der Waals surface area contributed by atoms with Crippen LogP contribution in [0.5, 0.6) is 5.75 Å². The second-order valence-electron chi connectivity index (χ2n) is 8.77. The first kappa shape index (κ1) is 21.1. The summed E-state index contributed by atoms with van der Waals surface area (Å²) in [6.45, 7) is 5.55. The van der Waals surface area contributed by atoms with Gasteiger partial charge in [-0.2, -0.15) is 0 Å². The van der Waals surface area contributed by atoms with Crippen LogP contribution >= 0.6 is 0 Å². The van der Waals surface area contributed by atoms with Gasteiger partial charge in [0.2, 0.25) is 5.91 Å². The summed E-state index contributed by atoms with van der Waals surface area (Å²) in [7, 11) is 2.06. The summed E-state index contributed by atoms with van der Waals surface area (Å²) in [6.07, 6.45) is 1.76. The Morgan fingerprint density at radius 2 is 1.88 bits per heavy atom. The molecule has 0 saturated heterocycles. The molecule has 1 aliphatic rings. The van der Waals surface area contributed by atoms with E-state index in [-0.39, 0.29) is 17.4 Å². The van der Waals surface area contributed by atoms with Gasteiger partial charge in [0.05, 0.1) is 11.2 Å². The zero-order valence-electron chi connectivity index (χ0n) is 19.1. The van der Waals surface area contributed by atoms with E-state index in [2.05, 4.69) is 24.6 Å². The smallest absolute Gasteiger partial charge is 0.258 e. The first-order valence-electron chi connectivity index (χ1n) is 11.2. The van der Waals surface area contributed by atoms with Crippen LogP contribution in [0.25, 0.3) is 16.6 Å². The molecule has 1 amide bonds. The van der Waals surface area contributed by atoms with Crippen LogP contribution in [-0.4, -0.2) is 26.5 Å². The SMILES string of the molecule is CC(=O)N1Cc2c(n(C)c3cc(-n4ccc(OCc5ccccc5)cc4=O)ccc23)C(C)C1. The molecular formula is C27H27N3O3. The molecule has 168 valence electrons. The minimum Gasteiger partial charge on any atom is -0.489 e. The number of carbonyl (C=O) groups is 1. The number of rotatable bonds is 4. The van der Waals surface area contributed by atoms with Crippen molar-refractivity contribution in [3.8, 4) is 11.4 Å². The third-order valence-corrected chi connectivity index (χ3v) is 6.51. The van der Waals surface area contributed by atoms with Crippen molar-refractivity contribution in [2.24, 2.45) is 7.05 Å². The van der Waals surface area contributed by atoms with Crippen LogP contribution in [0.1, 0.15) is 36.6 Å². The van der Waals surface area contributed by atoms with E-state index in [9.17, 15) is 9.59 Å². The number of nitrogens with zero attached hydrogens (tertiary/aromatic N) is 3. The fraction of sp³-hybridized carbons (Fsp3) is 0.259. The molecule has 0 spiro atoms. The highest BCUT2D eigenvalue weighted by molar-refractivity contribution is 5.88. The van der Waals surface area contributed by atoms with Crippen molar-refractivity contribution in [1.29, 1.82) is 0 Å². The number of aryl methyl sites for hydroxylation is 1. The Labute approximate surface area is 192 Å². The van der Waals surface area contributed by atoms with Gasteiger partial charge in [0.1, 0.15) is 12.4 Å². The average Bonchev–Trinajstić information content (AvgIpc) is 3.10. The number of aromatic nitrogens is 2. The minimum absolute atomic E-state index is 0.0993. The van der Waals surface area contributed by atoms with Crippen molar-refractivity contribution in [3.63, 3.8) is 0 Å². The zero-order valence-corrected chi connectivity index (χ0v) is 19.1. The molecule has 0 bridgehead atoms. The van der Waals surface area contributed by atoms with Gasteiger partial charge in [0, 0.05) is 61.9 Å². The van der Waals surface area contributed by atoms with Crippen LogP contribution in [-0.2, 0) is 25.0 Å². The molecular weight excluding hydrogens is 414 g/mol. The third-order valence-electron chi connectivity index (χ3n) is 6.51. The van der Waals surface area contributed by atoms with Crippen molar-refractivity contribution < 1.29 is 9.53 Å². The normalized spacial score (nSPS) is 15.5. The highest BCUT2D eigenvalue weighted by Gasteiger charge is 2.29. The van der Waals surface area contributed by atoms with Crippen LogP contribution in [0.15, 0.2) is 71.7 Å². The molecule has 1 atom stereocenters. The number of fused-ring (bicyclic) bond motifs is 3. The number of hydrogen-bond donors (Lipinski definition) is 0. The molecule has 2 aromatic heterocycles. The van der Waals surface area contributed by atoms with Gasteiger partial charge in [0.25, 0.3) is 5.56 Å². The van der Waals surface area contributed by atoms with Crippen molar-refractivity contribution >= 4 is 16.8 Å². The zero-order chi connectivity index (χ0) is 23.1. The molecule has 6 heteroatoms. The number of benzene rings is 2. The molecule has 0 N–H and O–H groups in total. The molecule has 0 saturated carbocycles.